The average molecular weight is 2030 g/mol. The third-order valence-corrected chi connectivity index (χ3v) is 22.9. The van der Waals surface area contributed by atoms with Gasteiger partial charge in [-0.15, -0.1) is 0 Å². The lowest BCUT2D eigenvalue weighted by Crippen LogP contribution is -2.29. The number of phenols is 1. The summed E-state index contributed by atoms with van der Waals surface area (Å²) in [7, 11) is -4.29. The number of carbonyl (C=O) groups excluding carboxylic acids is 1. The number of nitrogens with one attached hydrogen (secondary N) is 9. The maximum absolute atomic E-state index is 11.2. The number of aliphatic imine (C=N–C) groups is 5. The Kier molecular flexibility index (Phi) is 41.3. The number of rotatable bonds is 38. The number of aliphatic hydroxyl groups excluding tert-OH is 8. The van der Waals surface area contributed by atoms with Crippen LogP contribution in [0.1, 0.15) is 6.92 Å². The Balaban J connectivity index is 0.000000176. The van der Waals surface area contributed by atoms with Gasteiger partial charge in [0.25, 0.3) is 10.1 Å². The molecule has 10 aromatic rings. The number of anilines is 13. The maximum Gasteiger partial charge on any atom is 0.294 e. The largest absolute Gasteiger partial charge is 0.508 e. The molecule has 0 radical (unpaired) electrons. The first kappa shape index (κ1) is 111. The highest BCUT2D eigenvalue weighted by molar-refractivity contribution is 7.85. The second kappa shape index (κ2) is 55.2. The molecule has 33 N–H and O–H groups in total. The van der Waals surface area contributed by atoms with Gasteiger partial charge in [0.1, 0.15) is 11.5 Å². The van der Waals surface area contributed by atoms with Gasteiger partial charge in [-0.3, -0.25) is 31.0 Å². The van der Waals surface area contributed by atoms with Gasteiger partial charge in [-0.05, 0) is 286 Å². The molecule has 0 aromatic heterocycles. The highest BCUT2D eigenvalue weighted by atomic mass is 32.2. The molecule has 0 bridgehead atoms. The van der Waals surface area contributed by atoms with Gasteiger partial charge in [0.05, 0.1) is 207 Å². The summed E-state index contributed by atoms with van der Waals surface area (Å²) < 4.78 is 36.9. The van der Waals surface area contributed by atoms with Gasteiger partial charge >= 0.3 is 0 Å². The monoisotopic (exact) mass is 2020 g/mol. The minimum Gasteiger partial charge on any atom is -0.508 e. The predicted molar refractivity (Wildman–Crippen MR) is 595 cm³/mol. The van der Waals surface area contributed by atoms with Crippen LogP contribution in [0.5, 0.6) is 11.5 Å². The number of carbonyl (C=O) groups is 1. The first-order chi connectivity index (χ1) is 71.3. The third-order valence-electron chi connectivity index (χ3n) is 22.0. The fourth-order valence-electron chi connectivity index (χ4n) is 14.6. The number of nitrogen functional groups attached to an aromatic ring is 3. The van der Waals surface area contributed by atoms with Crippen molar-refractivity contribution in [3.8, 4) is 11.5 Å². The van der Waals surface area contributed by atoms with Crippen LogP contribution in [0.25, 0.3) is 0 Å². The van der Waals surface area contributed by atoms with E-state index in [9.17, 15) is 59.2 Å². The van der Waals surface area contributed by atoms with Crippen molar-refractivity contribution >= 4 is 170 Å². The number of allylic oxidation sites excluding steroid dienone is 12. The van der Waals surface area contributed by atoms with E-state index in [-0.39, 0.29) is 97.8 Å². The Morgan fingerprint density at radius 3 is 1.07 bits per heavy atom. The first-order valence-electron chi connectivity index (χ1n) is 46.6. The summed E-state index contributed by atoms with van der Waals surface area (Å²) in [6.07, 6.45) is 19.2. The SMILES string of the molecule is CCOc1ccc(NC2=CC(=Nc3ccc(N(CCO)CCO)cc3)C(N)=CC2=N)cc1.N=C1C=C(N)C(=Nc2ccc(S(=O)(=O)O)cc2)C=C1Nc1ccc(N(CCO)CCO)cc1.N=C1C=C(N)C(Nc2cccc(O)c2)=CC1=Nc1ccc(N(CCO)CCO)cc1.N=C1C=C(N)C(Nc2ccccc2)=CC1=Nc1ccc(N(CCO)CCO)cc1.Nc1ccc(Nc2cc(N=C3C=CC(=O)C=C3)c(N)cc2N)cc1. The lowest BCUT2D eigenvalue weighted by atomic mass is 10.0. The number of phenolic OH excluding ortho intramolecular Hbond substituents is 1. The number of para-hydroxylation sites is 1. The van der Waals surface area contributed by atoms with E-state index in [1.807, 2.05) is 190 Å². The van der Waals surface area contributed by atoms with Crippen LogP contribution in [0.3, 0.4) is 0 Å². The zero-order valence-electron chi connectivity index (χ0n) is 81.0. The van der Waals surface area contributed by atoms with Crippen molar-refractivity contribution in [1.82, 2.24) is 0 Å². The van der Waals surface area contributed by atoms with Crippen molar-refractivity contribution in [2.75, 3.05) is 175 Å². The van der Waals surface area contributed by atoms with Crippen molar-refractivity contribution in [1.29, 1.82) is 21.6 Å². The van der Waals surface area contributed by atoms with E-state index < -0.39 is 10.1 Å². The predicted octanol–water partition coefficient (Wildman–Crippen LogP) is 12.0. The van der Waals surface area contributed by atoms with Crippen LogP contribution in [0, 0.1) is 21.6 Å². The summed E-state index contributed by atoms with van der Waals surface area (Å²) in [4.78, 5) is 41.1. The van der Waals surface area contributed by atoms with Crippen molar-refractivity contribution in [3.63, 3.8) is 0 Å². The van der Waals surface area contributed by atoms with E-state index >= 15 is 0 Å². The zero-order valence-corrected chi connectivity index (χ0v) is 81.9. The van der Waals surface area contributed by atoms with E-state index in [4.69, 9.17) is 71.1 Å². The lowest BCUT2D eigenvalue weighted by molar-refractivity contribution is -0.110. The molecule has 0 saturated heterocycles. The van der Waals surface area contributed by atoms with Crippen LogP contribution in [0.4, 0.5) is 102 Å². The van der Waals surface area contributed by atoms with E-state index in [0.717, 1.165) is 45.6 Å². The minimum atomic E-state index is -4.29. The number of ether oxygens (including phenoxy) is 1. The second-order valence-corrected chi connectivity index (χ2v) is 34.2. The fourth-order valence-corrected chi connectivity index (χ4v) is 15.1. The van der Waals surface area contributed by atoms with E-state index in [2.05, 4.69) is 51.5 Å². The molecule has 39 nitrogen and oxygen atoms in total. The molecular formula is C108H121N25O14S. The normalized spacial score (nSPS) is 14.7. The highest BCUT2D eigenvalue weighted by Crippen LogP contribution is 2.36. The van der Waals surface area contributed by atoms with Crippen LogP contribution < -0.4 is 91.1 Å². The zero-order chi connectivity index (χ0) is 106. The number of hydrogen-bond donors (Lipinski definition) is 26. The fraction of sp³-hybridized carbons (Fsp3) is 0.167. The smallest absolute Gasteiger partial charge is 0.294 e. The molecule has 10 aromatic carbocycles. The van der Waals surface area contributed by atoms with Crippen molar-refractivity contribution in [3.05, 3.63) is 355 Å². The van der Waals surface area contributed by atoms with Crippen molar-refractivity contribution < 1.29 is 68.5 Å². The van der Waals surface area contributed by atoms with Crippen LogP contribution in [0.2, 0.25) is 0 Å². The number of nitrogens with two attached hydrogens (primary N) is 7. The van der Waals surface area contributed by atoms with Crippen LogP contribution >= 0.6 is 0 Å². The molecule has 15 rings (SSSR count). The molecule has 40 heteroatoms. The quantitative estimate of drug-likeness (QED) is 0.00739. The van der Waals surface area contributed by atoms with Gasteiger partial charge in [0.15, 0.2) is 5.78 Å². The molecule has 5 aliphatic carbocycles. The van der Waals surface area contributed by atoms with E-state index in [1.54, 1.807) is 97.1 Å². The summed E-state index contributed by atoms with van der Waals surface area (Å²) in [6, 6.07) is 69.6. The number of nitrogens with zero attached hydrogens (tertiary/aromatic N) is 9. The summed E-state index contributed by atoms with van der Waals surface area (Å²) in [5.74, 6) is 0.860. The van der Waals surface area contributed by atoms with Crippen LogP contribution in [-0.2, 0) is 14.9 Å². The molecular weight excluding hydrogens is 1900 g/mol. The molecule has 0 fully saturated rings. The molecule has 0 unspecified atom stereocenters. The Labute approximate surface area is 856 Å². The summed E-state index contributed by atoms with van der Waals surface area (Å²) >= 11 is 0. The molecule has 0 aliphatic heterocycles. The molecule has 5 aliphatic rings. The minimum absolute atomic E-state index is 0.00523. The summed E-state index contributed by atoms with van der Waals surface area (Å²) in [5, 5.41) is 132. The Morgan fingerprint density at radius 1 is 0.338 bits per heavy atom. The van der Waals surface area contributed by atoms with Gasteiger partial charge in [-0.25, -0.2) is 25.0 Å². The molecule has 0 atom stereocenters. The lowest BCUT2D eigenvalue weighted by Gasteiger charge is -2.23. The summed E-state index contributed by atoms with van der Waals surface area (Å²) in [6.45, 7) is 5.93. The molecule has 0 heterocycles. The second-order valence-electron chi connectivity index (χ2n) is 32.8. The summed E-state index contributed by atoms with van der Waals surface area (Å²) in [5.41, 5.74) is 62.2. The Hall–Kier alpha value is -17.7. The van der Waals surface area contributed by atoms with Gasteiger partial charge in [0, 0.05) is 115 Å². The van der Waals surface area contributed by atoms with Gasteiger partial charge in [-0.1, -0.05) is 24.3 Å². The molecule has 0 amide bonds. The number of hydrogen-bond acceptors (Lipinski definition) is 38. The number of ketones is 1. The van der Waals surface area contributed by atoms with Crippen molar-refractivity contribution in [2.24, 2.45) is 47.9 Å². The average Bonchev–Trinajstić information content (AvgIpc) is 0.838. The highest BCUT2D eigenvalue weighted by Gasteiger charge is 2.23. The number of aromatic hydroxyl groups is 1. The molecule has 0 spiro atoms. The standard InChI is InChI=1S/C24H29N5O3.C22H25N5O5S.C22H25N5O3.C22H25N5O2.C18H17N5O/c1-2-32-20-9-5-18(6-10-20)28-24-16-23(21(25)15-22(24)26)27-17-3-7-19(8-4-17)29(11-13-30)12-14-31;23-19-13-20(24)22(26-16-3-7-18(8-4-16)33(30,31)32)14-21(19)25-15-1-5-17(6-2-15)27(9-11-28)10-12-29;23-19-13-20(24)22(26-16-2-1-3-18(30)12-16)14-21(19)25-15-4-6-17(7-5-15)27(8-10-28)9-11-29;23-19-14-20(24)22(15-21(19)25-16-4-2-1-3-5-16)26-17-6-8-18(9-7-17)27(10-12-28)11-13-29;19-11-1-3-12(4-2-11)22-17-10-18(16(21)9-15(17)20)23-13-5-7-14(24)8-6-13/h3-10,15-16,26,28,30-31H,2,11-14,25H2,1H3;1-8,13-14,23,25,28-29H,9-12,24H2,(H,30,31,32);1-7,12-14,23,26,28-30H,8-11,24H2;1-9,14-15,24-25,28-29H,10-13,23H2;1-10,22H,19-21H2. The van der Waals surface area contributed by atoms with Crippen LogP contribution in [0.15, 0.2) is 385 Å². The first-order valence-corrected chi connectivity index (χ1v) is 48.1. The van der Waals surface area contributed by atoms with Gasteiger partial charge in [0.2, 0.25) is 0 Å². The van der Waals surface area contributed by atoms with Crippen molar-refractivity contribution in [2.45, 2.75) is 11.8 Å². The van der Waals surface area contributed by atoms with E-state index in [1.165, 1.54) is 48.6 Å². The Morgan fingerprint density at radius 2 is 0.676 bits per heavy atom. The third kappa shape index (κ3) is 33.4. The molecule has 768 valence electrons. The molecule has 0 saturated carbocycles. The van der Waals surface area contributed by atoms with E-state index in [0.29, 0.717) is 190 Å². The van der Waals surface area contributed by atoms with Crippen LogP contribution in [-0.4, -0.2) is 228 Å². The number of benzene rings is 10. The van der Waals surface area contributed by atoms with Gasteiger partial charge < -0.3 is 137 Å². The number of aliphatic hydroxyl groups is 8. The molecule has 148 heavy (non-hydrogen) atoms. The Bertz CT molecular complexity index is 6900. The maximum atomic E-state index is 11.2. The van der Waals surface area contributed by atoms with Gasteiger partial charge in [-0.2, -0.15) is 8.42 Å². The topological polar surface area (TPSA) is 675 Å².